The van der Waals surface area contributed by atoms with E-state index in [0.717, 1.165) is 12.1 Å². The lowest BCUT2D eigenvalue weighted by Crippen LogP contribution is -2.03. The Balaban J connectivity index is 3.15. The molecular weight excluding hydrogens is 225 g/mol. The van der Waals surface area contributed by atoms with Gasteiger partial charge in [-0.15, -0.1) is 3.89 Å². The molecule has 3 N–H and O–H groups in total. The van der Waals surface area contributed by atoms with Crippen LogP contribution in [0.15, 0.2) is 23.1 Å². The molecule has 15 heavy (non-hydrogen) atoms. The number of hydrogen-bond acceptors (Lipinski definition) is 4. The summed E-state index contributed by atoms with van der Waals surface area (Å²) in [5.74, 6) is -1.08. The van der Waals surface area contributed by atoms with Crippen molar-refractivity contribution < 1.29 is 22.2 Å². The van der Waals surface area contributed by atoms with E-state index < -0.39 is 21.1 Å². The van der Waals surface area contributed by atoms with E-state index >= 15 is 0 Å². The molecule has 0 unspecified atom stereocenters. The molecule has 0 spiro atoms. The Kier molecular flexibility index (Phi) is 2.94. The molecule has 5 nitrogen and oxygen atoms in total. The molecular formula is C8H8FNO4S. The highest BCUT2D eigenvalue weighted by Gasteiger charge is 2.16. The fourth-order valence-electron chi connectivity index (χ4n) is 1.10. The monoisotopic (exact) mass is 233 g/mol. The zero-order chi connectivity index (χ0) is 11.6. The zero-order valence-electron chi connectivity index (χ0n) is 7.47. The highest BCUT2D eigenvalue weighted by molar-refractivity contribution is 7.86. The molecule has 1 aromatic carbocycles. The minimum Gasteiger partial charge on any atom is -0.481 e. The van der Waals surface area contributed by atoms with E-state index in [2.05, 4.69) is 0 Å². The minimum atomic E-state index is -4.85. The average Bonchev–Trinajstić information content (AvgIpc) is 1.99. The molecule has 0 heterocycles. The number of nitrogen functional groups attached to an aromatic ring is 1. The summed E-state index contributed by atoms with van der Waals surface area (Å²) in [4.78, 5) is 9.69. The van der Waals surface area contributed by atoms with Gasteiger partial charge in [-0.05, 0) is 17.7 Å². The smallest absolute Gasteiger partial charge is 0.334 e. The van der Waals surface area contributed by atoms with Gasteiger partial charge in [0.1, 0.15) is 4.90 Å². The topological polar surface area (TPSA) is 97.5 Å². The first-order valence-electron chi connectivity index (χ1n) is 3.85. The van der Waals surface area contributed by atoms with Gasteiger partial charge in [-0.2, -0.15) is 8.42 Å². The Morgan fingerprint density at radius 3 is 2.47 bits per heavy atom. The van der Waals surface area contributed by atoms with Crippen molar-refractivity contribution >= 4 is 21.9 Å². The fraction of sp³-hybridized carbons (Fsp3) is 0.125. The van der Waals surface area contributed by atoms with Crippen LogP contribution in [-0.2, 0) is 21.4 Å². The molecule has 0 aliphatic heterocycles. The van der Waals surface area contributed by atoms with E-state index in [-0.39, 0.29) is 12.1 Å². The number of nitrogens with two attached hydrogens (primary N) is 1. The molecule has 0 saturated carbocycles. The lowest BCUT2D eigenvalue weighted by Gasteiger charge is -2.03. The summed E-state index contributed by atoms with van der Waals surface area (Å²) in [6.45, 7) is 0. The fourth-order valence-corrected chi connectivity index (χ4v) is 1.68. The van der Waals surface area contributed by atoms with E-state index in [1.165, 1.54) is 6.07 Å². The van der Waals surface area contributed by atoms with E-state index in [1.54, 1.807) is 0 Å². The maximum atomic E-state index is 12.6. The molecule has 0 aliphatic rings. The third-order valence-corrected chi connectivity index (χ3v) is 2.59. The number of halogens is 1. The van der Waals surface area contributed by atoms with Crippen LogP contribution < -0.4 is 5.73 Å². The Labute approximate surface area is 85.5 Å². The molecule has 0 aliphatic carbocycles. The van der Waals surface area contributed by atoms with Gasteiger partial charge in [0.05, 0.1) is 12.1 Å². The summed E-state index contributed by atoms with van der Waals surface area (Å²) < 4.78 is 33.6. The summed E-state index contributed by atoms with van der Waals surface area (Å²) >= 11 is 0. The van der Waals surface area contributed by atoms with Crippen LogP contribution in [0, 0.1) is 0 Å². The van der Waals surface area contributed by atoms with Gasteiger partial charge in [-0.3, -0.25) is 4.79 Å². The molecule has 0 radical (unpaired) electrons. The Hall–Kier alpha value is -1.63. The quantitative estimate of drug-likeness (QED) is 0.587. The van der Waals surface area contributed by atoms with Crippen molar-refractivity contribution in [2.75, 3.05) is 5.73 Å². The van der Waals surface area contributed by atoms with Crippen molar-refractivity contribution in [3.8, 4) is 0 Å². The van der Waals surface area contributed by atoms with Gasteiger partial charge >= 0.3 is 16.2 Å². The van der Waals surface area contributed by atoms with E-state index in [4.69, 9.17) is 10.8 Å². The summed E-state index contributed by atoms with van der Waals surface area (Å²) in [7, 11) is -4.85. The van der Waals surface area contributed by atoms with Gasteiger partial charge in [-0.25, -0.2) is 0 Å². The normalized spacial score (nSPS) is 11.3. The largest absolute Gasteiger partial charge is 0.481 e. The van der Waals surface area contributed by atoms with E-state index in [1.807, 2.05) is 0 Å². The van der Waals surface area contributed by atoms with Crippen molar-refractivity contribution in [2.24, 2.45) is 0 Å². The third kappa shape index (κ3) is 2.91. The number of hydrogen-bond donors (Lipinski definition) is 2. The lowest BCUT2D eigenvalue weighted by molar-refractivity contribution is -0.136. The van der Waals surface area contributed by atoms with Crippen LogP contribution in [0.25, 0.3) is 0 Å². The predicted molar refractivity (Wildman–Crippen MR) is 50.5 cm³/mol. The molecule has 0 saturated heterocycles. The van der Waals surface area contributed by atoms with Crippen molar-refractivity contribution in [3.05, 3.63) is 23.8 Å². The summed E-state index contributed by atoms with van der Waals surface area (Å²) in [5.41, 5.74) is 5.29. The standard InChI is InChI=1S/C8H8FNO4S/c9-15(13,14)7-2-1-5(3-6(7)10)4-8(11)12/h1-3H,4,10H2,(H,11,12). The van der Waals surface area contributed by atoms with Crippen LogP contribution in [0.4, 0.5) is 9.57 Å². The van der Waals surface area contributed by atoms with E-state index in [9.17, 15) is 17.1 Å². The minimum absolute atomic E-state index is 0.295. The Morgan fingerprint density at radius 1 is 1.47 bits per heavy atom. The first-order valence-corrected chi connectivity index (χ1v) is 5.24. The van der Waals surface area contributed by atoms with Crippen molar-refractivity contribution in [1.29, 1.82) is 0 Å². The zero-order valence-corrected chi connectivity index (χ0v) is 8.29. The third-order valence-electron chi connectivity index (χ3n) is 1.69. The summed E-state index contributed by atoms with van der Waals surface area (Å²) in [6.07, 6.45) is -0.295. The maximum absolute atomic E-state index is 12.6. The number of aliphatic carboxylic acids is 1. The summed E-state index contributed by atoms with van der Waals surface area (Å²) in [5, 5.41) is 8.45. The molecule has 0 amide bonds. The highest BCUT2D eigenvalue weighted by Crippen LogP contribution is 2.21. The Bertz CT molecular complexity index is 497. The van der Waals surface area contributed by atoms with Gasteiger partial charge in [0.15, 0.2) is 0 Å². The van der Waals surface area contributed by atoms with Crippen molar-refractivity contribution in [2.45, 2.75) is 11.3 Å². The molecule has 0 fully saturated rings. The summed E-state index contributed by atoms with van der Waals surface area (Å²) in [6, 6.07) is 3.28. The number of anilines is 1. The van der Waals surface area contributed by atoms with Crippen LogP contribution >= 0.6 is 0 Å². The number of carboxylic acids is 1. The molecule has 7 heteroatoms. The molecule has 0 aromatic heterocycles. The number of rotatable bonds is 3. The van der Waals surface area contributed by atoms with Crippen LogP contribution in [0.1, 0.15) is 5.56 Å². The van der Waals surface area contributed by atoms with Crippen LogP contribution in [0.2, 0.25) is 0 Å². The van der Waals surface area contributed by atoms with Crippen molar-refractivity contribution in [3.63, 3.8) is 0 Å². The predicted octanol–water partition coefficient (Wildman–Crippen LogP) is 0.554. The van der Waals surface area contributed by atoms with Crippen molar-refractivity contribution in [1.82, 2.24) is 0 Å². The van der Waals surface area contributed by atoms with Gasteiger partial charge < -0.3 is 10.8 Å². The highest BCUT2D eigenvalue weighted by atomic mass is 32.3. The number of benzene rings is 1. The second-order valence-corrected chi connectivity index (χ2v) is 4.20. The lowest BCUT2D eigenvalue weighted by atomic mass is 10.1. The number of carboxylic acid groups (broad SMARTS) is 1. The molecule has 1 aromatic rings. The van der Waals surface area contributed by atoms with Crippen LogP contribution in [-0.4, -0.2) is 19.5 Å². The first kappa shape index (κ1) is 11.4. The molecule has 1 rings (SSSR count). The van der Waals surface area contributed by atoms with Gasteiger partial charge in [0.25, 0.3) is 0 Å². The maximum Gasteiger partial charge on any atom is 0.334 e. The Morgan fingerprint density at radius 2 is 2.07 bits per heavy atom. The van der Waals surface area contributed by atoms with Gasteiger partial charge in [-0.1, -0.05) is 6.07 Å². The molecule has 0 atom stereocenters. The second kappa shape index (κ2) is 3.85. The average molecular weight is 233 g/mol. The second-order valence-electron chi connectivity index (χ2n) is 2.88. The SMILES string of the molecule is Nc1cc(CC(=O)O)ccc1S(=O)(=O)F. The van der Waals surface area contributed by atoms with Gasteiger partial charge in [0.2, 0.25) is 0 Å². The number of carbonyl (C=O) groups is 1. The van der Waals surface area contributed by atoms with E-state index in [0.29, 0.717) is 5.56 Å². The molecule has 0 bridgehead atoms. The first-order chi connectivity index (χ1) is 6.80. The molecule has 82 valence electrons. The van der Waals surface area contributed by atoms with Crippen LogP contribution in [0.3, 0.4) is 0 Å². The van der Waals surface area contributed by atoms with Gasteiger partial charge in [0, 0.05) is 0 Å². The van der Waals surface area contributed by atoms with Crippen LogP contribution in [0.5, 0.6) is 0 Å².